The maximum absolute atomic E-state index is 13.6. The number of nitrogens with zero attached hydrogens (tertiary/aromatic N) is 1. The van der Waals surface area contributed by atoms with Gasteiger partial charge < -0.3 is 4.74 Å². The summed E-state index contributed by atoms with van der Waals surface area (Å²) in [6.07, 6.45) is -0.514. The van der Waals surface area contributed by atoms with Crippen LogP contribution in [-0.2, 0) is 16.6 Å². The summed E-state index contributed by atoms with van der Waals surface area (Å²) >= 11 is 12.3. The van der Waals surface area contributed by atoms with Gasteiger partial charge >= 0.3 is 0 Å². The second-order valence-corrected chi connectivity index (χ2v) is 9.64. The van der Waals surface area contributed by atoms with Crippen molar-refractivity contribution in [2.75, 3.05) is 0 Å². The number of fused-ring (bicyclic) bond motifs is 1. The molecule has 1 heterocycles. The highest BCUT2D eigenvalue weighted by molar-refractivity contribution is 7.89. The smallest absolute Gasteiger partial charge is 0.247 e. The average Bonchev–Trinajstić information content (AvgIpc) is 2.79. The third-order valence-electron chi connectivity index (χ3n) is 5.03. The number of halogens is 2. The van der Waals surface area contributed by atoms with E-state index in [9.17, 15) is 8.42 Å². The number of hydrogen-bond acceptors (Lipinski definition) is 3. The Morgan fingerprint density at radius 3 is 2.31 bits per heavy atom. The van der Waals surface area contributed by atoms with E-state index >= 15 is 0 Å². The predicted octanol–water partition coefficient (Wildman–Crippen LogP) is 5.71. The fourth-order valence-corrected chi connectivity index (χ4v) is 5.68. The van der Waals surface area contributed by atoms with Crippen molar-refractivity contribution in [1.82, 2.24) is 4.31 Å². The van der Waals surface area contributed by atoms with Crippen LogP contribution in [0.4, 0.5) is 0 Å². The molecular formula is C22H19Cl2NO3S. The highest BCUT2D eigenvalue weighted by atomic mass is 35.5. The molecule has 2 atom stereocenters. The van der Waals surface area contributed by atoms with Crippen molar-refractivity contribution in [3.63, 3.8) is 0 Å². The van der Waals surface area contributed by atoms with Crippen molar-refractivity contribution in [3.8, 4) is 5.75 Å². The first-order chi connectivity index (χ1) is 13.9. The Hall–Kier alpha value is -2.05. The molecule has 7 heteroatoms. The van der Waals surface area contributed by atoms with E-state index in [1.165, 1.54) is 10.4 Å². The van der Waals surface area contributed by atoms with Crippen LogP contribution in [0.5, 0.6) is 5.75 Å². The van der Waals surface area contributed by atoms with Crippen molar-refractivity contribution in [2.24, 2.45) is 0 Å². The Morgan fingerprint density at radius 2 is 1.62 bits per heavy atom. The third-order valence-corrected chi connectivity index (χ3v) is 7.54. The van der Waals surface area contributed by atoms with Gasteiger partial charge in [-0.2, -0.15) is 4.31 Å². The van der Waals surface area contributed by atoms with Crippen LogP contribution >= 0.6 is 23.2 Å². The monoisotopic (exact) mass is 447 g/mol. The standard InChI is InChI=1S/C22H19Cl2NO3S/c1-15-21(17-6-3-2-4-7-17)28-22-19(24)8-5-9-20(22)29(26,27)25(15)14-16-10-12-18(23)13-11-16/h2-13,15,21H,14H2,1H3/t15-,21+/m1/s1. The average molecular weight is 448 g/mol. The van der Waals surface area contributed by atoms with Gasteiger partial charge in [0.15, 0.2) is 5.75 Å². The lowest BCUT2D eigenvalue weighted by molar-refractivity contribution is 0.124. The first kappa shape index (κ1) is 20.2. The SMILES string of the molecule is C[C@@H]1[C@@H](c2ccccc2)Oc2c(Cl)cccc2S(=O)(=O)N1Cc1ccc(Cl)cc1. The van der Waals surface area contributed by atoms with Crippen molar-refractivity contribution in [1.29, 1.82) is 0 Å². The van der Waals surface area contributed by atoms with Gasteiger partial charge in [-0.3, -0.25) is 0 Å². The molecule has 0 saturated carbocycles. The van der Waals surface area contributed by atoms with Crippen LogP contribution in [0.2, 0.25) is 10.0 Å². The molecule has 4 rings (SSSR count). The minimum atomic E-state index is -3.85. The Kier molecular flexibility index (Phi) is 5.58. The summed E-state index contributed by atoms with van der Waals surface area (Å²) in [4.78, 5) is 0.0734. The molecule has 0 unspecified atom stereocenters. The lowest BCUT2D eigenvalue weighted by atomic mass is 10.0. The van der Waals surface area contributed by atoms with Crippen molar-refractivity contribution in [2.45, 2.75) is 30.5 Å². The molecule has 0 N–H and O–H groups in total. The second-order valence-electron chi connectivity index (χ2n) is 6.93. The summed E-state index contributed by atoms with van der Waals surface area (Å²) in [6.45, 7) is 2.05. The van der Waals surface area contributed by atoms with Gasteiger partial charge in [-0.25, -0.2) is 8.42 Å². The fraction of sp³-hybridized carbons (Fsp3) is 0.182. The van der Waals surface area contributed by atoms with Crippen LogP contribution in [-0.4, -0.2) is 18.8 Å². The lowest BCUT2D eigenvalue weighted by Gasteiger charge is -2.30. The minimum Gasteiger partial charge on any atom is -0.481 e. The third kappa shape index (κ3) is 3.88. The van der Waals surface area contributed by atoms with Crippen molar-refractivity contribution >= 4 is 33.2 Å². The summed E-state index contributed by atoms with van der Waals surface area (Å²) in [5.74, 6) is 0.188. The molecule has 1 aliphatic heterocycles. The van der Waals surface area contributed by atoms with Gasteiger partial charge in [-0.15, -0.1) is 0 Å². The first-order valence-corrected chi connectivity index (χ1v) is 11.3. The molecule has 1 aliphatic rings. The van der Waals surface area contributed by atoms with E-state index in [0.717, 1.165) is 11.1 Å². The maximum Gasteiger partial charge on any atom is 0.247 e. The van der Waals surface area contributed by atoms with E-state index in [4.69, 9.17) is 27.9 Å². The molecule has 0 saturated heterocycles. The molecule has 0 spiro atoms. The van der Waals surface area contributed by atoms with E-state index < -0.39 is 22.2 Å². The second kappa shape index (κ2) is 8.00. The normalized spacial score (nSPS) is 21.1. The molecule has 0 bridgehead atoms. The fourth-order valence-electron chi connectivity index (χ4n) is 3.52. The number of benzene rings is 3. The van der Waals surface area contributed by atoms with Gasteiger partial charge in [-0.1, -0.05) is 71.7 Å². The predicted molar refractivity (Wildman–Crippen MR) is 115 cm³/mol. The van der Waals surface area contributed by atoms with Gasteiger partial charge in [-0.05, 0) is 42.3 Å². The van der Waals surface area contributed by atoms with E-state index in [2.05, 4.69) is 0 Å². The zero-order valence-electron chi connectivity index (χ0n) is 15.6. The van der Waals surface area contributed by atoms with Crippen molar-refractivity contribution in [3.05, 3.63) is 94.0 Å². The van der Waals surface area contributed by atoms with Crippen LogP contribution in [0, 0.1) is 0 Å². The first-order valence-electron chi connectivity index (χ1n) is 9.14. The Morgan fingerprint density at radius 1 is 0.931 bits per heavy atom. The molecule has 0 aromatic heterocycles. The van der Waals surface area contributed by atoms with Crippen LogP contribution < -0.4 is 4.74 Å². The molecule has 150 valence electrons. The largest absolute Gasteiger partial charge is 0.481 e. The highest BCUT2D eigenvalue weighted by Gasteiger charge is 2.41. The summed E-state index contributed by atoms with van der Waals surface area (Å²) < 4.78 is 34.9. The molecule has 3 aromatic rings. The number of para-hydroxylation sites is 1. The molecule has 29 heavy (non-hydrogen) atoms. The van der Waals surface area contributed by atoms with E-state index in [0.29, 0.717) is 5.02 Å². The molecule has 0 amide bonds. The van der Waals surface area contributed by atoms with E-state index in [1.54, 1.807) is 24.3 Å². The Balaban J connectivity index is 1.86. The van der Waals surface area contributed by atoms with Gasteiger partial charge in [0.05, 0.1) is 11.1 Å². The molecule has 3 aromatic carbocycles. The summed E-state index contributed by atoms with van der Waals surface area (Å²) in [5.41, 5.74) is 1.71. The van der Waals surface area contributed by atoms with Crippen LogP contribution in [0.1, 0.15) is 24.2 Å². The summed E-state index contributed by atoms with van der Waals surface area (Å²) in [6, 6.07) is 21.0. The Bertz CT molecular complexity index is 1120. The minimum absolute atomic E-state index is 0.0734. The van der Waals surface area contributed by atoms with Crippen LogP contribution in [0.15, 0.2) is 77.7 Å². The van der Waals surface area contributed by atoms with Gasteiger partial charge in [0, 0.05) is 11.6 Å². The number of hydrogen-bond donors (Lipinski definition) is 0. The van der Waals surface area contributed by atoms with E-state index in [1.807, 2.05) is 49.4 Å². The van der Waals surface area contributed by atoms with Crippen LogP contribution in [0.3, 0.4) is 0 Å². The highest BCUT2D eigenvalue weighted by Crippen LogP contribution is 2.43. The zero-order chi connectivity index (χ0) is 20.6. The topological polar surface area (TPSA) is 46.6 Å². The lowest BCUT2D eigenvalue weighted by Crippen LogP contribution is -2.41. The summed E-state index contributed by atoms with van der Waals surface area (Å²) in [7, 11) is -3.85. The molecule has 0 radical (unpaired) electrons. The Labute approximate surface area is 180 Å². The number of rotatable bonds is 3. The van der Waals surface area contributed by atoms with Gasteiger partial charge in [0.2, 0.25) is 10.0 Å². The molecule has 0 aliphatic carbocycles. The quantitative estimate of drug-likeness (QED) is 0.516. The van der Waals surface area contributed by atoms with Gasteiger partial charge in [0.1, 0.15) is 11.0 Å². The number of ether oxygens (including phenoxy) is 1. The molecule has 4 nitrogen and oxygen atoms in total. The van der Waals surface area contributed by atoms with E-state index in [-0.39, 0.29) is 22.2 Å². The van der Waals surface area contributed by atoms with Crippen molar-refractivity contribution < 1.29 is 13.2 Å². The number of sulfonamides is 1. The molecule has 0 fully saturated rings. The maximum atomic E-state index is 13.6. The zero-order valence-corrected chi connectivity index (χ0v) is 18.0. The summed E-state index contributed by atoms with van der Waals surface area (Å²) in [5, 5.41) is 0.871. The van der Waals surface area contributed by atoms with Crippen LogP contribution in [0.25, 0.3) is 0 Å². The van der Waals surface area contributed by atoms with Gasteiger partial charge in [0.25, 0.3) is 0 Å². The molecular weight excluding hydrogens is 429 g/mol.